The van der Waals surface area contributed by atoms with Crippen LogP contribution in [0.4, 0.5) is 4.39 Å². The van der Waals surface area contributed by atoms with Crippen LogP contribution in [-0.2, 0) is 17.9 Å². The van der Waals surface area contributed by atoms with Crippen molar-refractivity contribution in [3.05, 3.63) is 60.3 Å². The fourth-order valence-corrected chi connectivity index (χ4v) is 3.21. The van der Waals surface area contributed by atoms with Crippen molar-refractivity contribution in [2.24, 2.45) is 0 Å². The lowest BCUT2D eigenvalue weighted by molar-refractivity contribution is -0.126. The van der Waals surface area contributed by atoms with E-state index in [4.69, 9.17) is 11.5 Å². The van der Waals surface area contributed by atoms with Gasteiger partial charge in [-0.2, -0.15) is 5.10 Å². The second-order valence-corrected chi connectivity index (χ2v) is 6.01. The lowest BCUT2D eigenvalue weighted by Crippen LogP contribution is -2.37. The molecule has 1 aliphatic rings. The zero-order valence-electron chi connectivity index (χ0n) is 13.9. The molecule has 0 N–H and O–H groups in total. The van der Waals surface area contributed by atoms with E-state index in [0.29, 0.717) is 19.6 Å². The fourth-order valence-electron chi connectivity index (χ4n) is 3.21. The minimum atomic E-state index is -0.332. The van der Waals surface area contributed by atoms with Crippen LogP contribution >= 0.6 is 0 Å². The van der Waals surface area contributed by atoms with Gasteiger partial charge in [-0.1, -0.05) is 0 Å². The second-order valence-electron chi connectivity index (χ2n) is 6.01. The van der Waals surface area contributed by atoms with E-state index in [9.17, 15) is 9.18 Å². The number of hydrogen-bond acceptors (Lipinski definition) is 3. The molecule has 0 radical (unpaired) electrons. The van der Waals surface area contributed by atoms with Crippen LogP contribution in [0.1, 0.15) is 5.69 Å². The van der Waals surface area contributed by atoms with Crippen LogP contribution in [0.15, 0.2) is 48.8 Å². The molecule has 3 aromatic rings. The number of benzene rings is 1. The zero-order valence-corrected chi connectivity index (χ0v) is 13.9. The molecule has 3 heterocycles. The van der Waals surface area contributed by atoms with Crippen molar-refractivity contribution in [3.63, 3.8) is 0 Å². The van der Waals surface area contributed by atoms with E-state index in [2.05, 4.69) is 10.9 Å². The minimum Gasteiger partial charge on any atom is -0.324 e. The molecule has 0 spiro atoms. The molecule has 1 aromatic carbocycles. The number of carbonyl (C=O) groups excluding carboxylic acids is 1. The van der Waals surface area contributed by atoms with Gasteiger partial charge < -0.3 is 4.90 Å². The Morgan fingerprint density at radius 3 is 2.50 bits per heavy atom. The molecule has 26 heavy (non-hydrogen) atoms. The molecule has 128 valence electrons. The highest BCUT2D eigenvalue weighted by Gasteiger charge is 2.27. The number of halogens is 1. The van der Waals surface area contributed by atoms with Gasteiger partial charge in [0, 0.05) is 30.1 Å². The van der Waals surface area contributed by atoms with Crippen LogP contribution in [0.5, 0.6) is 0 Å². The first kappa shape index (κ1) is 16.0. The first-order valence-electron chi connectivity index (χ1n) is 8.19. The summed E-state index contributed by atoms with van der Waals surface area (Å²) in [5, 5.41) is 4.73. The maximum atomic E-state index is 13.3. The third-order valence-corrected chi connectivity index (χ3v) is 4.48. The summed E-state index contributed by atoms with van der Waals surface area (Å²) in [4.78, 5) is 17.7. The number of carbonyl (C=O) groups is 1. The molecule has 0 saturated carbocycles. The number of hydrogen-bond donors (Lipinski definition) is 0. The van der Waals surface area contributed by atoms with E-state index in [1.165, 1.54) is 12.1 Å². The summed E-state index contributed by atoms with van der Waals surface area (Å²) >= 11 is 0. The van der Waals surface area contributed by atoms with Crippen molar-refractivity contribution in [3.8, 4) is 34.7 Å². The van der Waals surface area contributed by atoms with E-state index in [0.717, 1.165) is 28.1 Å². The van der Waals surface area contributed by atoms with E-state index in [-0.39, 0.29) is 11.7 Å². The first-order valence-corrected chi connectivity index (χ1v) is 8.19. The number of fused-ring (bicyclic) bond motifs is 1. The lowest BCUT2D eigenvalue weighted by Gasteiger charge is -2.26. The van der Waals surface area contributed by atoms with Crippen molar-refractivity contribution >= 4 is 5.91 Å². The van der Waals surface area contributed by atoms with Gasteiger partial charge in [-0.25, -0.2) is 4.39 Å². The molecule has 4 rings (SSSR count). The van der Waals surface area contributed by atoms with Crippen LogP contribution < -0.4 is 0 Å². The zero-order chi connectivity index (χ0) is 18.1. The average Bonchev–Trinajstić information content (AvgIpc) is 3.07. The third-order valence-electron chi connectivity index (χ3n) is 4.48. The highest BCUT2D eigenvalue weighted by molar-refractivity contribution is 5.93. The van der Waals surface area contributed by atoms with Crippen molar-refractivity contribution in [2.45, 2.75) is 13.1 Å². The molecule has 2 aromatic heterocycles. The first-order chi connectivity index (χ1) is 12.7. The Hall–Kier alpha value is -3.46. The predicted octanol–water partition coefficient (Wildman–Crippen LogP) is 2.73. The number of nitrogens with zero attached hydrogens (tertiary/aromatic N) is 4. The summed E-state index contributed by atoms with van der Waals surface area (Å²) in [6.07, 6.45) is 8.69. The number of pyridine rings is 1. The monoisotopic (exact) mass is 346 g/mol. The quantitative estimate of drug-likeness (QED) is 0.671. The maximum Gasteiger partial charge on any atom is 0.298 e. The Kier molecular flexibility index (Phi) is 3.98. The largest absolute Gasteiger partial charge is 0.324 e. The van der Waals surface area contributed by atoms with Gasteiger partial charge >= 0.3 is 0 Å². The molecular weight excluding hydrogens is 331 g/mol. The summed E-state index contributed by atoms with van der Waals surface area (Å²) in [5.41, 5.74) is 4.32. The Morgan fingerprint density at radius 1 is 1.08 bits per heavy atom. The molecule has 5 nitrogen and oxygen atoms in total. The van der Waals surface area contributed by atoms with Gasteiger partial charge in [0.05, 0.1) is 18.8 Å². The second kappa shape index (κ2) is 6.45. The van der Waals surface area contributed by atoms with Gasteiger partial charge in [-0.3, -0.25) is 14.5 Å². The van der Waals surface area contributed by atoms with Crippen LogP contribution in [0.2, 0.25) is 0 Å². The Bertz CT molecular complexity index is 1000. The normalized spacial score (nSPS) is 13.2. The van der Waals surface area contributed by atoms with Crippen molar-refractivity contribution < 1.29 is 9.18 Å². The summed E-state index contributed by atoms with van der Waals surface area (Å²) < 4.78 is 15.2. The van der Waals surface area contributed by atoms with Crippen molar-refractivity contribution in [2.75, 3.05) is 6.54 Å². The summed E-state index contributed by atoms with van der Waals surface area (Å²) in [7, 11) is 0. The van der Waals surface area contributed by atoms with Gasteiger partial charge in [-0.05, 0) is 47.9 Å². The van der Waals surface area contributed by atoms with Crippen LogP contribution in [0.25, 0.3) is 22.4 Å². The summed E-state index contributed by atoms with van der Waals surface area (Å²) in [5.74, 6) is 1.55. The molecule has 0 saturated heterocycles. The van der Waals surface area contributed by atoms with Crippen LogP contribution in [-0.4, -0.2) is 32.1 Å². The highest BCUT2D eigenvalue weighted by Crippen LogP contribution is 2.36. The molecule has 0 unspecified atom stereocenters. The molecule has 1 aliphatic heterocycles. The smallest absolute Gasteiger partial charge is 0.298 e. The maximum absolute atomic E-state index is 13.3. The van der Waals surface area contributed by atoms with Gasteiger partial charge in [0.1, 0.15) is 11.5 Å². The van der Waals surface area contributed by atoms with Gasteiger partial charge in [0.25, 0.3) is 5.91 Å². The van der Waals surface area contributed by atoms with Gasteiger partial charge in [0.2, 0.25) is 0 Å². The standard InChI is InChI=1S/C20H15FN4O/c1-2-18(26)24-11-12-25-17(13-24)19(14-7-9-22-10-8-14)20(23-25)15-3-5-16(21)6-4-15/h1,3-10H,11-13H2. The van der Waals surface area contributed by atoms with E-state index >= 15 is 0 Å². The van der Waals surface area contributed by atoms with Crippen LogP contribution in [0, 0.1) is 18.2 Å². The molecule has 0 bridgehead atoms. The predicted molar refractivity (Wildman–Crippen MR) is 95.1 cm³/mol. The van der Waals surface area contributed by atoms with Crippen molar-refractivity contribution in [1.82, 2.24) is 19.7 Å². The fraction of sp³-hybridized carbons (Fsp3) is 0.150. The number of terminal acetylenes is 1. The number of amides is 1. The topological polar surface area (TPSA) is 51.0 Å². The summed E-state index contributed by atoms with van der Waals surface area (Å²) in [6, 6.07) is 10.0. The number of aromatic nitrogens is 3. The molecular formula is C20H15FN4O. The Balaban J connectivity index is 1.88. The van der Waals surface area contributed by atoms with E-state index in [1.54, 1.807) is 29.4 Å². The molecule has 1 amide bonds. The summed E-state index contributed by atoms with van der Waals surface area (Å²) in [6.45, 7) is 1.45. The molecule has 0 aliphatic carbocycles. The van der Waals surface area contributed by atoms with Crippen LogP contribution in [0.3, 0.4) is 0 Å². The van der Waals surface area contributed by atoms with Gasteiger partial charge in [-0.15, -0.1) is 6.42 Å². The highest BCUT2D eigenvalue weighted by atomic mass is 19.1. The third kappa shape index (κ3) is 2.74. The SMILES string of the molecule is C#CC(=O)N1CCn2nc(-c3ccc(F)cc3)c(-c3ccncc3)c2C1. The molecule has 0 fully saturated rings. The van der Waals surface area contributed by atoms with Crippen molar-refractivity contribution in [1.29, 1.82) is 0 Å². The van der Waals surface area contributed by atoms with E-state index in [1.807, 2.05) is 16.8 Å². The Morgan fingerprint density at radius 2 is 1.81 bits per heavy atom. The minimum absolute atomic E-state index is 0.297. The van der Waals surface area contributed by atoms with Gasteiger partial charge in [0.15, 0.2) is 0 Å². The lowest BCUT2D eigenvalue weighted by atomic mass is 9.99. The number of rotatable bonds is 2. The molecule has 0 atom stereocenters. The van der Waals surface area contributed by atoms with E-state index < -0.39 is 0 Å². The molecule has 6 heteroatoms. The average molecular weight is 346 g/mol. The Labute approximate surface area is 150 Å².